The first-order valence-corrected chi connectivity index (χ1v) is 9.77. The Kier molecular flexibility index (Phi) is 5.98. The summed E-state index contributed by atoms with van der Waals surface area (Å²) in [6.45, 7) is 5.99. The highest BCUT2D eigenvalue weighted by Gasteiger charge is 2.33. The van der Waals surface area contributed by atoms with E-state index in [2.05, 4.69) is 0 Å². The van der Waals surface area contributed by atoms with Crippen LogP contribution in [-0.4, -0.2) is 48.8 Å². The van der Waals surface area contributed by atoms with Crippen LogP contribution in [0.25, 0.3) is 0 Å². The lowest BCUT2D eigenvalue weighted by Gasteiger charge is -2.25. The SMILES string of the molecule is CCN(CC(OC(=O)CCl)c1ccc2c(c1)C(C)(C)CO2)S(=O)(=O)O. The number of ether oxygens (including phenoxy) is 2. The lowest BCUT2D eigenvalue weighted by atomic mass is 9.85. The summed E-state index contributed by atoms with van der Waals surface area (Å²) in [5.74, 6) is -0.277. The highest BCUT2D eigenvalue weighted by molar-refractivity contribution is 7.83. The van der Waals surface area contributed by atoms with Crippen LogP contribution in [0.15, 0.2) is 18.2 Å². The molecule has 0 saturated carbocycles. The summed E-state index contributed by atoms with van der Waals surface area (Å²) in [5, 5.41) is 0. The third-order valence-corrected chi connectivity index (χ3v) is 5.40. The number of halogens is 1. The molecule has 1 aliphatic rings. The van der Waals surface area contributed by atoms with E-state index in [0.717, 1.165) is 15.6 Å². The van der Waals surface area contributed by atoms with Crippen molar-refractivity contribution in [2.75, 3.05) is 25.6 Å². The molecule has 1 aliphatic heterocycles. The number of hydrogen-bond donors (Lipinski definition) is 1. The molecule has 1 aromatic carbocycles. The van der Waals surface area contributed by atoms with Gasteiger partial charge in [0, 0.05) is 17.5 Å². The summed E-state index contributed by atoms with van der Waals surface area (Å²) in [7, 11) is -4.41. The molecule has 1 heterocycles. The van der Waals surface area contributed by atoms with Crippen molar-refractivity contribution in [2.24, 2.45) is 0 Å². The molecule has 0 fully saturated rings. The maximum atomic E-state index is 11.7. The molecule has 2 rings (SSSR count). The Morgan fingerprint density at radius 2 is 2.16 bits per heavy atom. The van der Waals surface area contributed by atoms with Crippen molar-refractivity contribution >= 4 is 27.9 Å². The van der Waals surface area contributed by atoms with E-state index in [0.29, 0.717) is 12.2 Å². The largest absolute Gasteiger partial charge is 0.492 e. The summed E-state index contributed by atoms with van der Waals surface area (Å²) in [6.07, 6.45) is -0.894. The van der Waals surface area contributed by atoms with Crippen molar-refractivity contribution in [1.29, 1.82) is 0 Å². The normalized spacial score (nSPS) is 17.0. The van der Waals surface area contributed by atoms with E-state index in [1.807, 2.05) is 19.9 Å². The van der Waals surface area contributed by atoms with Crippen molar-refractivity contribution in [3.8, 4) is 5.75 Å². The van der Waals surface area contributed by atoms with E-state index in [9.17, 15) is 17.8 Å². The highest BCUT2D eigenvalue weighted by Crippen LogP contribution is 2.40. The average Bonchev–Trinajstić information content (AvgIpc) is 2.84. The first-order valence-electron chi connectivity index (χ1n) is 7.83. The Morgan fingerprint density at radius 3 is 2.72 bits per heavy atom. The van der Waals surface area contributed by atoms with Gasteiger partial charge in [-0.25, -0.2) is 0 Å². The minimum Gasteiger partial charge on any atom is -0.492 e. The second kappa shape index (κ2) is 7.49. The number of alkyl halides is 1. The quantitative estimate of drug-likeness (QED) is 0.435. The van der Waals surface area contributed by atoms with Crippen molar-refractivity contribution in [3.63, 3.8) is 0 Å². The molecule has 0 aromatic heterocycles. The molecule has 0 spiro atoms. The molecule has 7 nitrogen and oxygen atoms in total. The van der Waals surface area contributed by atoms with Crippen LogP contribution in [0.2, 0.25) is 0 Å². The molecule has 25 heavy (non-hydrogen) atoms. The van der Waals surface area contributed by atoms with Crippen LogP contribution in [0.1, 0.15) is 38.0 Å². The first kappa shape index (κ1) is 20.0. The van der Waals surface area contributed by atoms with Crippen LogP contribution < -0.4 is 4.74 Å². The molecule has 0 amide bonds. The van der Waals surface area contributed by atoms with Crippen molar-refractivity contribution in [2.45, 2.75) is 32.3 Å². The van der Waals surface area contributed by atoms with E-state index < -0.39 is 22.4 Å². The Labute approximate surface area is 152 Å². The maximum Gasteiger partial charge on any atom is 0.336 e. The zero-order valence-electron chi connectivity index (χ0n) is 14.4. The first-order chi connectivity index (χ1) is 11.6. The van der Waals surface area contributed by atoms with Gasteiger partial charge in [-0.1, -0.05) is 26.8 Å². The second-order valence-electron chi connectivity index (χ2n) is 6.47. The Balaban J connectivity index is 2.38. The Morgan fingerprint density at radius 1 is 1.48 bits per heavy atom. The molecule has 0 saturated heterocycles. The number of hydrogen-bond acceptors (Lipinski definition) is 5. The van der Waals surface area contributed by atoms with E-state index >= 15 is 0 Å². The van der Waals surface area contributed by atoms with Gasteiger partial charge in [0.15, 0.2) is 0 Å². The Hall–Kier alpha value is -1.35. The molecule has 1 atom stereocenters. The van der Waals surface area contributed by atoms with Crippen molar-refractivity contribution in [3.05, 3.63) is 29.3 Å². The van der Waals surface area contributed by atoms with E-state index in [4.69, 9.17) is 21.1 Å². The van der Waals surface area contributed by atoms with Crippen LogP contribution in [0.5, 0.6) is 5.75 Å². The van der Waals surface area contributed by atoms with Gasteiger partial charge in [0.2, 0.25) is 0 Å². The fourth-order valence-electron chi connectivity index (χ4n) is 2.71. The van der Waals surface area contributed by atoms with Crippen LogP contribution in [0.3, 0.4) is 0 Å². The minimum absolute atomic E-state index is 0.0350. The molecule has 0 aliphatic carbocycles. The second-order valence-corrected chi connectivity index (χ2v) is 8.15. The number of carbonyl (C=O) groups excluding carboxylic acids is 1. The van der Waals surface area contributed by atoms with Gasteiger partial charge in [-0.15, -0.1) is 11.6 Å². The number of fused-ring (bicyclic) bond motifs is 1. The number of benzene rings is 1. The zero-order chi connectivity index (χ0) is 18.8. The van der Waals surface area contributed by atoms with Crippen molar-refractivity contribution in [1.82, 2.24) is 4.31 Å². The number of nitrogens with zero attached hydrogens (tertiary/aromatic N) is 1. The van der Waals surface area contributed by atoms with Gasteiger partial charge in [-0.05, 0) is 17.7 Å². The standard InChI is InChI=1S/C16H22ClNO6S/c1-4-18(25(20,21)22)9-14(24-15(19)8-17)11-5-6-13-12(7-11)16(2,3)10-23-13/h5-7,14H,4,8-10H2,1-3H3,(H,20,21,22). The van der Waals surface area contributed by atoms with Crippen molar-refractivity contribution < 1.29 is 27.2 Å². The molecule has 0 radical (unpaired) electrons. The molecule has 1 aromatic rings. The van der Waals surface area contributed by atoms with Gasteiger partial charge < -0.3 is 9.47 Å². The molecular formula is C16H22ClNO6S. The summed E-state index contributed by atoms with van der Waals surface area (Å²) >= 11 is 5.51. The lowest BCUT2D eigenvalue weighted by molar-refractivity contribution is -0.146. The van der Waals surface area contributed by atoms with Crippen LogP contribution in [0, 0.1) is 0 Å². The molecule has 140 valence electrons. The van der Waals surface area contributed by atoms with E-state index in [-0.39, 0.29) is 24.4 Å². The maximum absolute atomic E-state index is 11.7. The van der Waals surface area contributed by atoms with Gasteiger partial charge in [-0.2, -0.15) is 12.7 Å². The fraction of sp³-hybridized carbons (Fsp3) is 0.562. The predicted octanol–water partition coefficient (Wildman–Crippen LogP) is 2.30. The minimum atomic E-state index is -4.41. The monoisotopic (exact) mass is 391 g/mol. The number of carbonyl (C=O) groups is 1. The van der Waals surface area contributed by atoms with Crippen LogP contribution in [0.4, 0.5) is 0 Å². The number of likely N-dealkylation sites (N-methyl/N-ethyl adjacent to an activating group) is 1. The summed E-state index contributed by atoms with van der Waals surface area (Å²) < 4.78 is 44.0. The smallest absolute Gasteiger partial charge is 0.336 e. The lowest BCUT2D eigenvalue weighted by Crippen LogP contribution is -2.35. The van der Waals surface area contributed by atoms with Crippen LogP contribution in [-0.2, 0) is 25.3 Å². The summed E-state index contributed by atoms with van der Waals surface area (Å²) in [5.41, 5.74) is 1.35. The molecule has 9 heteroatoms. The fourth-order valence-corrected chi connectivity index (χ4v) is 3.42. The van der Waals surface area contributed by atoms with Gasteiger partial charge in [0.25, 0.3) is 0 Å². The molecule has 1 N–H and O–H groups in total. The van der Waals surface area contributed by atoms with Crippen LogP contribution >= 0.6 is 11.6 Å². The Bertz CT molecular complexity index is 749. The summed E-state index contributed by atoms with van der Waals surface area (Å²) in [6, 6.07) is 5.32. The number of esters is 1. The van der Waals surface area contributed by atoms with E-state index in [1.54, 1.807) is 19.1 Å². The van der Waals surface area contributed by atoms with Gasteiger partial charge in [0.1, 0.15) is 17.7 Å². The zero-order valence-corrected chi connectivity index (χ0v) is 15.9. The molecular weight excluding hydrogens is 370 g/mol. The van der Waals surface area contributed by atoms with Gasteiger partial charge in [-0.3, -0.25) is 9.35 Å². The van der Waals surface area contributed by atoms with Gasteiger partial charge in [0.05, 0.1) is 13.2 Å². The third-order valence-electron chi connectivity index (χ3n) is 4.12. The highest BCUT2D eigenvalue weighted by atomic mass is 35.5. The predicted molar refractivity (Wildman–Crippen MR) is 93.3 cm³/mol. The topological polar surface area (TPSA) is 93.1 Å². The third kappa shape index (κ3) is 4.63. The average molecular weight is 392 g/mol. The summed E-state index contributed by atoms with van der Waals surface area (Å²) in [4.78, 5) is 11.7. The molecule has 1 unspecified atom stereocenters. The molecule has 0 bridgehead atoms. The van der Waals surface area contributed by atoms with Gasteiger partial charge >= 0.3 is 16.3 Å². The van der Waals surface area contributed by atoms with E-state index in [1.165, 1.54) is 0 Å². The number of rotatable bonds is 7.